The molecule has 7 nitrogen and oxygen atoms in total. The van der Waals surface area contributed by atoms with Crippen LogP contribution in [0.15, 0.2) is 57.0 Å². The van der Waals surface area contributed by atoms with E-state index in [1.165, 1.54) is 12.1 Å². The Kier molecular flexibility index (Phi) is 6.25. The molecule has 28 heavy (non-hydrogen) atoms. The van der Waals surface area contributed by atoms with Crippen LogP contribution in [0.25, 0.3) is 11.1 Å². The summed E-state index contributed by atoms with van der Waals surface area (Å²) in [5.74, 6) is 0.667. The van der Waals surface area contributed by atoms with Gasteiger partial charge in [-0.25, -0.2) is 13.4 Å². The van der Waals surface area contributed by atoms with Gasteiger partial charge in [0.05, 0.1) is 23.0 Å². The first-order valence-corrected chi connectivity index (χ1v) is 11.3. The van der Waals surface area contributed by atoms with Gasteiger partial charge in [-0.3, -0.25) is 4.79 Å². The van der Waals surface area contributed by atoms with E-state index in [9.17, 15) is 13.2 Å². The number of ether oxygens (including phenoxy) is 1. The van der Waals surface area contributed by atoms with Crippen LogP contribution in [0.5, 0.6) is 5.75 Å². The SMILES string of the molecule is CCOc1ccc(NC(=O)CSc2nc3cc(S(=O)(=O)CC)ccc3o2)cc1. The topological polar surface area (TPSA) is 98.5 Å². The van der Waals surface area contributed by atoms with Gasteiger partial charge >= 0.3 is 0 Å². The standard InChI is InChI=1S/C19H20N2O5S2/c1-3-25-14-7-5-13(6-8-14)20-18(22)12-27-19-21-16-11-15(28(23,24)4-2)9-10-17(16)26-19/h5-11H,3-4,12H2,1-2H3,(H,20,22). The molecule has 0 unspecified atom stereocenters. The highest BCUT2D eigenvalue weighted by molar-refractivity contribution is 7.99. The molecular weight excluding hydrogens is 400 g/mol. The van der Waals surface area contributed by atoms with E-state index in [4.69, 9.17) is 9.15 Å². The summed E-state index contributed by atoms with van der Waals surface area (Å²) < 4.78 is 34.9. The van der Waals surface area contributed by atoms with Crippen molar-refractivity contribution in [3.8, 4) is 5.75 Å². The van der Waals surface area contributed by atoms with Crippen molar-refractivity contribution in [2.45, 2.75) is 24.0 Å². The van der Waals surface area contributed by atoms with Crippen molar-refractivity contribution >= 4 is 44.3 Å². The maximum absolute atomic E-state index is 12.1. The lowest BCUT2D eigenvalue weighted by Crippen LogP contribution is -2.13. The minimum Gasteiger partial charge on any atom is -0.494 e. The number of aromatic nitrogens is 1. The number of carbonyl (C=O) groups excluding carboxylic acids is 1. The van der Waals surface area contributed by atoms with E-state index < -0.39 is 9.84 Å². The molecule has 0 atom stereocenters. The second-order valence-corrected chi connectivity index (χ2v) is 9.01. The van der Waals surface area contributed by atoms with Crippen LogP contribution in [0.1, 0.15) is 13.8 Å². The van der Waals surface area contributed by atoms with E-state index in [0.29, 0.717) is 28.6 Å². The summed E-state index contributed by atoms with van der Waals surface area (Å²) in [6, 6.07) is 11.7. The van der Waals surface area contributed by atoms with Crippen LogP contribution in [0.3, 0.4) is 0 Å². The Labute approximate surface area is 167 Å². The number of oxazole rings is 1. The molecule has 1 amide bonds. The number of hydrogen-bond acceptors (Lipinski definition) is 7. The molecule has 0 radical (unpaired) electrons. The molecular formula is C19H20N2O5S2. The van der Waals surface area contributed by atoms with Crippen LogP contribution >= 0.6 is 11.8 Å². The highest BCUT2D eigenvalue weighted by Crippen LogP contribution is 2.26. The van der Waals surface area contributed by atoms with Gasteiger partial charge in [-0.2, -0.15) is 0 Å². The van der Waals surface area contributed by atoms with Crippen molar-refractivity contribution in [2.24, 2.45) is 0 Å². The zero-order valence-electron chi connectivity index (χ0n) is 15.5. The van der Waals surface area contributed by atoms with E-state index in [1.54, 1.807) is 37.3 Å². The van der Waals surface area contributed by atoms with Crippen molar-refractivity contribution in [3.63, 3.8) is 0 Å². The molecule has 0 aliphatic rings. The zero-order valence-corrected chi connectivity index (χ0v) is 17.1. The Bertz CT molecular complexity index is 1080. The van der Waals surface area contributed by atoms with Gasteiger partial charge in [0.2, 0.25) is 5.91 Å². The molecule has 0 spiro atoms. The smallest absolute Gasteiger partial charge is 0.257 e. The minimum atomic E-state index is -3.31. The van der Waals surface area contributed by atoms with Gasteiger partial charge in [0.1, 0.15) is 11.3 Å². The fraction of sp³-hybridized carbons (Fsp3) is 0.263. The summed E-state index contributed by atoms with van der Waals surface area (Å²) in [5.41, 5.74) is 1.59. The van der Waals surface area contributed by atoms with Crippen molar-refractivity contribution in [1.82, 2.24) is 4.98 Å². The average Bonchev–Trinajstić information content (AvgIpc) is 3.10. The Hall–Kier alpha value is -2.52. The summed E-state index contributed by atoms with van der Waals surface area (Å²) in [6.45, 7) is 4.08. The van der Waals surface area contributed by atoms with Crippen LogP contribution in [0, 0.1) is 0 Å². The van der Waals surface area contributed by atoms with E-state index in [2.05, 4.69) is 10.3 Å². The molecule has 2 aromatic carbocycles. The third kappa shape index (κ3) is 4.85. The maximum Gasteiger partial charge on any atom is 0.257 e. The van der Waals surface area contributed by atoms with Gasteiger partial charge in [-0.15, -0.1) is 0 Å². The predicted octanol–water partition coefficient (Wildman–Crippen LogP) is 3.75. The number of anilines is 1. The fourth-order valence-corrected chi connectivity index (χ4v) is 3.97. The quantitative estimate of drug-likeness (QED) is 0.554. The largest absolute Gasteiger partial charge is 0.494 e. The lowest BCUT2D eigenvalue weighted by molar-refractivity contribution is -0.113. The predicted molar refractivity (Wildman–Crippen MR) is 109 cm³/mol. The number of rotatable bonds is 8. The third-order valence-corrected chi connectivity index (χ3v) is 6.41. The van der Waals surface area contributed by atoms with Crippen molar-refractivity contribution in [1.29, 1.82) is 0 Å². The molecule has 0 aliphatic carbocycles. The fourth-order valence-electron chi connectivity index (χ4n) is 2.43. The van der Waals surface area contributed by atoms with Crippen LogP contribution in [0.2, 0.25) is 0 Å². The lowest BCUT2D eigenvalue weighted by atomic mass is 10.3. The number of nitrogens with zero attached hydrogens (tertiary/aromatic N) is 1. The molecule has 3 rings (SSSR count). The second-order valence-electron chi connectivity index (χ2n) is 5.81. The van der Waals surface area contributed by atoms with E-state index in [-0.39, 0.29) is 22.3 Å². The average molecular weight is 421 g/mol. The molecule has 1 aromatic heterocycles. The molecule has 0 bridgehead atoms. The lowest BCUT2D eigenvalue weighted by Gasteiger charge is -2.06. The van der Waals surface area contributed by atoms with Crippen molar-refractivity contribution < 1.29 is 22.4 Å². The summed E-state index contributed by atoms with van der Waals surface area (Å²) in [5, 5.41) is 3.10. The van der Waals surface area contributed by atoms with Gasteiger partial charge in [0, 0.05) is 5.69 Å². The first-order chi connectivity index (χ1) is 13.4. The molecule has 0 aliphatic heterocycles. The number of fused-ring (bicyclic) bond motifs is 1. The highest BCUT2D eigenvalue weighted by Gasteiger charge is 2.15. The summed E-state index contributed by atoms with van der Waals surface area (Å²) in [6.07, 6.45) is 0. The second kappa shape index (κ2) is 8.66. The first-order valence-electron chi connectivity index (χ1n) is 8.70. The van der Waals surface area contributed by atoms with Gasteiger partial charge < -0.3 is 14.5 Å². The van der Waals surface area contributed by atoms with Crippen LogP contribution in [-0.4, -0.2) is 37.4 Å². The monoisotopic (exact) mass is 420 g/mol. The zero-order chi connectivity index (χ0) is 20.1. The van der Waals surface area contributed by atoms with Gasteiger partial charge in [-0.1, -0.05) is 18.7 Å². The Morgan fingerprint density at radius 2 is 1.93 bits per heavy atom. The van der Waals surface area contributed by atoms with Crippen molar-refractivity contribution in [3.05, 3.63) is 42.5 Å². The summed E-state index contributed by atoms with van der Waals surface area (Å²) in [7, 11) is -3.31. The van der Waals surface area contributed by atoms with Crippen molar-refractivity contribution in [2.75, 3.05) is 23.4 Å². The van der Waals surface area contributed by atoms with Crippen LogP contribution in [-0.2, 0) is 14.6 Å². The van der Waals surface area contributed by atoms with Crippen LogP contribution in [0.4, 0.5) is 5.69 Å². The molecule has 9 heteroatoms. The number of nitrogens with one attached hydrogen (secondary N) is 1. The first kappa shape index (κ1) is 20.2. The van der Waals surface area contributed by atoms with Crippen LogP contribution < -0.4 is 10.1 Å². The normalized spacial score (nSPS) is 11.5. The number of sulfone groups is 1. The Morgan fingerprint density at radius 1 is 1.18 bits per heavy atom. The van der Waals surface area contributed by atoms with E-state index >= 15 is 0 Å². The minimum absolute atomic E-state index is 0.0175. The van der Waals surface area contributed by atoms with E-state index in [1.807, 2.05) is 6.92 Å². The molecule has 0 fully saturated rings. The number of carbonyl (C=O) groups is 1. The maximum atomic E-state index is 12.1. The third-order valence-electron chi connectivity index (χ3n) is 3.85. The molecule has 148 valence electrons. The number of amides is 1. The van der Waals surface area contributed by atoms with Gasteiger partial charge in [0.25, 0.3) is 5.22 Å². The Morgan fingerprint density at radius 3 is 2.61 bits per heavy atom. The molecule has 0 saturated heterocycles. The molecule has 1 heterocycles. The molecule has 3 aromatic rings. The molecule has 1 N–H and O–H groups in total. The Balaban J connectivity index is 1.62. The molecule has 0 saturated carbocycles. The highest BCUT2D eigenvalue weighted by atomic mass is 32.2. The number of thioether (sulfide) groups is 1. The summed E-state index contributed by atoms with van der Waals surface area (Å²) >= 11 is 1.14. The number of hydrogen-bond donors (Lipinski definition) is 1. The van der Waals surface area contributed by atoms with Gasteiger partial charge in [-0.05, 0) is 49.4 Å². The van der Waals surface area contributed by atoms with Gasteiger partial charge in [0.15, 0.2) is 15.4 Å². The summed E-state index contributed by atoms with van der Waals surface area (Å²) in [4.78, 5) is 16.6. The van der Waals surface area contributed by atoms with E-state index in [0.717, 1.165) is 17.5 Å². The number of benzene rings is 2.